The first-order valence-electron chi connectivity index (χ1n) is 27.2. The van der Waals surface area contributed by atoms with Gasteiger partial charge in [-0.25, -0.2) is 0 Å². The van der Waals surface area contributed by atoms with Crippen LogP contribution in [0.4, 0.5) is 0 Å². The summed E-state index contributed by atoms with van der Waals surface area (Å²) in [4.78, 5) is 115. The van der Waals surface area contributed by atoms with E-state index < -0.39 is 94.6 Å². The van der Waals surface area contributed by atoms with Gasteiger partial charge in [-0.1, -0.05) is 104 Å². The number of carbonyl (C=O) groups is 8. The molecular formula is C58H80N10O8. The van der Waals surface area contributed by atoms with Crippen LogP contribution in [0.25, 0.3) is 0 Å². The van der Waals surface area contributed by atoms with Gasteiger partial charge in [0, 0.05) is 36.3 Å². The third kappa shape index (κ3) is 13.3. The molecule has 2 saturated heterocycles. The van der Waals surface area contributed by atoms with Crippen LogP contribution in [0.1, 0.15) is 162 Å². The first-order valence-corrected chi connectivity index (χ1v) is 27.2. The molecule has 76 heavy (non-hydrogen) atoms. The van der Waals surface area contributed by atoms with Gasteiger partial charge in [0.15, 0.2) is 0 Å². The van der Waals surface area contributed by atoms with Gasteiger partial charge in [-0.3, -0.25) is 38.4 Å². The van der Waals surface area contributed by atoms with Crippen molar-refractivity contribution in [3.05, 3.63) is 106 Å². The van der Waals surface area contributed by atoms with E-state index in [1.807, 2.05) is 77.9 Å². The number of fused-ring (bicyclic) bond motifs is 2. The first kappa shape index (κ1) is 57.1. The fraction of sp³-hybridized carbons (Fsp3) is 0.552. The minimum absolute atomic E-state index is 0.00426. The molecule has 0 spiro atoms. The van der Waals surface area contributed by atoms with E-state index in [1.54, 1.807) is 13.8 Å². The van der Waals surface area contributed by atoms with Gasteiger partial charge in [0.25, 0.3) is 11.8 Å². The van der Waals surface area contributed by atoms with Crippen LogP contribution >= 0.6 is 0 Å². The summed E-state index contributed by atoms with van der Waals surface area (Å²) >= 11 is 0. The molecule has 2 aliphatic heterocycles. The number of amides is 8. The summed E-state index contributed by atoms with van der Waals surface area (Å²) in [6, 6.07) is 14.6. The molecule has 410 valence electrons. The largest absolute Gasteiger partial charge is 0.347 e. The molecule has 8 amide bonds. The molecule has 7 rings (SSSR count). The van der Waals surface area contributed by atoms with Crippen molar-refractivity contribution < 1.29 is 38.4 Å². The minimum atomic E-state index is -1.02. The second-order valence-corrected chi connectivity index (χ2v) is 23.4. The van der Waals surface area contributed by atoms with Gasteiger partial charge in [0.05, 0.1) is 24.2 Å². The zero-order valence-electron chi connectivity index (χ0n) is 45.5. The normalized spacial score (nSPS) is 22.9. The number of benzene rings is 3. The van der Waals surface area contributed by atoms with E-state index in [4.69, 9.17) is 11.5 Å². The molecule has 10 N–H and O–H groups in total. The highest BCUT2D eigenvalue weighted by molar-refractivity contribution is 5.99. The van der Waals surface area contributed by atoms with Gasteiger partial charge < -0.3 is 53.2 Å². The van der Waals surface area contributed by atoms with E-state index in [1.165, 1.54) is 34.1 Å². The topological polar surface area (TPSA) is 267 Å². The summed E-state index contributed by atoms with van der Waals surface area (Å²) in [5.41, 5.74) is 15.5. The predicted octanol–water partition coefficient (Wildman–Crippen LogP) is 4.01. The third-order valence-electron chi connectivity index (χ3n) is 15.6. The maximum absolute atomic E-state index is 14.6. The number of hydrogen-bond acceptors (Lipinski definition) is 10. The molecule has 2 heterocycles. The third-order valence-corrected chi connectivity index (χ3v) is 15.6. The van der Waals surface area contributed by atoms with Crippen LogP contribution in [0.2, 0.25) is 0 Å². The molecule has 0 radical (unpaired) electrons. The van der Waals surface area contributed by atoms with Crippen molar-refractivity contribution in [2.75, 3.05) is 13.1 Å². The number of carbonyl (C=O) groups excluding carboxylic acids is 8. The molecule has 10 atom stereocenters. The van der Waals surface area contributed by atoms with Crippen LogP contribution in [0.5, 0.6) is 0 Å². The van der Waals surface area contributed by atoms with Crippen molar-refractivity contribution in [2.24, 2.45) is 22.3 Å². The van der Waals surface area contributed by atoms with Crippen LogP contribution < -0.4 is 43.4 Å². The molecule has 18 nitrogen and oxygen atoms in total. The Morgan fingerprint density at radius 3 is 1.24 bits per heavy atom. The van der Waals surface area contributed by atoms with E-state index in [0.717, 1.165) is 60.8 Å². The maximum Gasteiger partial charge on any atom is 0.251 e. The zero-order chi connectivity index (χ0) is 55.2. The number of nitrogens with two attached hydrogens (primary N) is 2. The number of nitrogens with one attached hydrogen (secondary N) is 6. The molecule has 0 aromatic heterocycles. The van der Waals surface area contributed by atoms with Crippen molar-refractivity contribution in [1.29, 1.82) is 0 Å². The zero-order valence-corrected chi connectivity index (χ0v) is 45.5. The van der Waals surface area contributed by atoms with E-state index in [0.29, 0.717) is 12.8 Å². The second-order valence-electron chi connectivity index (χ2n) is 23.4. The lowest BCUT2D eigenvalue weighted by atomic mass is 9.85. The Hall–Kier alpha value is -6.66. The van der Waals surface area contributed by atoms with E-state index >= 15 is 0 Å². The van der Waals surface area contributed by atoms with Gasteiger partial charge in [-0.15, -0.1) is 0 Å². The van der Waals surface area contributed by atoms with Gasteiger partial charge >= 0.3 is 0 Å². The Bertz CT molecular complexity index is 2470. The smallest absolute Gasteiger partial charge is 0.251 e. The average Bonchev–Trinajstić information content (AvgIpc) is 4.03. The summed E-state index contributed by atoms with van der Waals surface area (Å²) in [5.74, 6) is -3.57. The molecule has 0 bridgehead atoms. The average molecular weight is 1050 g/mol. The highest BCUT2D eigenvalue weighted by Gasteiger charge is 2.48. The fourth-order valence-electron chi connectivity index (χ4n) is 11.0. The lowest BCUT2D eigenvalue weighted by molar-refractivity contribution is -0.144. The standard InChI is InChI=1S/C58H80N10O8/c1-9-41(59)51(71)65-47(57(3,4)5)55(75)67-31-37(29-45(67)53(73)63-43-23-15-19-33-17-11-13-21-39(33)43)61-49(69)35-25-27-36(28-26-35)50(70)62-38-30-46(54(74)64-44-24-16-20-34-18-12-14-22-40(34)44)68(32-38)56(76)48(58(6,7)8)66-52(72)42(60)10-2/h11-14,17-18,21-22,25-28,37-38,41-48H,9-10,15-16,19-20,23-24,29-32,59-60H2,1-8H3,(H,61,69)(H,62,70)(H,63,73)(H,64,74)(H,65,71)(H,66,72). The van der Waals surface area contributed by atoms with Gasteiger partial charge in [0.1, 0.15) is 24.2 Å². The number of hydrogen-bond donors (Lipinski definition) is 8. The van der Waals surface area contributed by atoms with Crippen molar-refractivity contribution in [1.82, 2.24) is 41.7 Å². The number of rotatable bonds is 16. The Balaban J connectivity index is 1.06. The molecule has 18 heteroatoms. The predicted molar refractivity (Wildman–Crippen MR) is 289 cm³/mol. The molecule has 3 aromatic rings. The molecule has 4 aliphatic rings. The van der Waals surface area contributed by atoms with Crippen LogP contribution in [-0.2, 0) is 41.6 Å². The molecule has 0 saturated carbocycles. The fourth-order valence-corrected chi connectivity index (χ4v) is 11.0. The van der Waals surface area contributed by atoms with Crippen molar-refractivity contribution in [2.45, 2.75) is 180 Å². The maximum atomic E-state index is 14.6. The Labute approximate surface area is 447 Å². The second kappa shape index (κ2) is 24.1. The van der Waals surface area contributed by atoms with Gasteiger partial charge in [-0.2, -0.15) is 0 Å². The summed E-state index contributed by atoms with van der Waals surface area (Å²) in [7, 11) is 0. The lowest BCUT2D eigenvalue weighted by Gasteiger charge is -2.36. The van der Waals surface area contributed by atoms with Crippen molar-refractivity contribution in [3.63, 3.8) is 0 Å². The molecule has 2 aliphatic carbocycles. The van der Waals surface area contributed by atoms with Crippen molar-refractivity contribution in [3.8, 4) is 0 Å². The molecule has 10 unspecified atom stereocenters. The number of aryl methyl sites for hydroxylation is 2. The number of nitrogens with zero attached hydrogens (tertiary/aromatic N) is 2. The minimum Gasteiger partial charge on any atom is -0.347 e. The van der Waals surface area contributed by atoms with Crippen molar-refractivity contribution >= 4 is 47.3 Å². The Morgan fingerprint density at radius 1 is 0.539 bits per heavy atom. The molecule has 2 fully saturated rings. The van der Waals surface area contributed by atoms with Crippen LogP contribution in [0, 0.1) is 10.8 Å². The SMILES string of the molecule is CCC(N)C(=O)NC(C(=O)N1CC(NC(=O)c2ccc(C(=O)NC3CC(C(=O)NC4CCCc5ccccc54)N(C(=O)C(NC(=O)C(N)CC)C(C)(C)C)C3)cc2)CC1C(=O)NC1CCCc2ccccc21)C(C)(C)C. The van der Waals surface area contributed by atoms with Gasteiger partial charge in [-0.05, 0) is 122 Å². The van der Waals surface area contributed by atoms with Crippen LogP contribution in [0.15, 0.2) is 72.8 Å². The quantitative estimate of drug-likeness (QED) is 0.102. The first-order chi connectivity index (χ1) is 36.0. The van der Waals surface area contributed by atoms with E-state index in [-0.39, 0.29) is 61.0 Å². The monoisotopic (exact) mass is 1040 g/mol. The summed E-state index contributed by atoms with van der Waals surface area (Å²) in [5, 5.41) is 18.1. The van der Waals surface area contributed by atoms with Crippen LogP contribution in [-0.4, -0.2) is 118 Å². The Kier molecular flexibility index (Phi) is 18.1. The van der Waals surface area contributed by atoms with E-state index in [2.05, 4.69) is 44.0 Å². The van der Waals surface area contributed by atoms with E-state index in [9.17, 15) is 38.4 Å². The Morgan fingerprint density at radius 2 is 0.895 bits per heavy atom. The highest BCUT2D eigenvalue weighted by Crippen LogP contribution is 2.34. The van der Waals surface area contributed by atoms with Gasteiger partial charge in [0.2, 0.25) is 35.4 Å². The summed E-state index contributed by atoms with van der Waals surface area (Å²) in [6.07, 6.45) is 5.99. The molecular weight excluding hydrogens is 965 g/mol. The summed E-state index contributed by atoms with van der Waals surface area (Å²) < 4.78 is 0. The lowest BCUT2D eigenvalue weighted by Crippen LogP contribution is -2.59. The molecule has 3 aromatic carbocycles. The highest BCUT2D eigenvalue weighted by atomic mass is 16.2. The van der Waals surface area contributed by atoms with Crippen LogP contribution in [0.3, 0.4) is 0 Å². The summed E-state index contributed by atoms with van der Waals surface area (Å²) in [6.45, 7) is 14.5. The number of likely N-dealkylation sites (tertiary alicyclic amines) is 2.